The van der Waals surface area contributed by atoms with Crippen LogP contribution in [0.2, 0.25) is 0 Å². The van der Waals surface area contributed by atoms with Crippen molar-refractivity contribution in [3.05, 3.63) is 41.1 Å². The van der Waals surface area contributed by atoms with Crippen LogP contribution in [-0.2, 0) is 9.53 Å². The molecular weight excluding hydrogens is 322 g/mol. The van der Waals surface area contributed by atoms with E-state index in [0.717, 1.165) is 0 Å². The van der Waals surface area contributed by atoms with E-state index in [-0.39, 0.29) is 23.0 Å². The molecule has 0 fully saturated rings. The number of alkyl halides is 2. The highest BCUT2D eigenvalue weighted by molar-refractivity contribution is 5.95. The third-order valence-electron chi connectivity index (χ3n) is 3.28. The Morgan fingerprint density at radius 1 is 1.25 bits per heavy atom. The van der Waals surface area contributed by atoms with Crippen molar-refractivity contribution in [2.24, 2.45) is 0 Å². The largest absolute Gasteiger partial charge is 0.459 e. The van der Waals surface area contributed by atoms with Crippen molar-refractivity contribution in [1.82, 2.24) is 10.6 Å². The van der Waals surface area contributed by atoms with E-state index in [0.29, 0.717) is 5.70 Å². The molecule has 8 heteroatoms. The Bertz CT molecular complexity index is 674. The molecule has 0 radical (unpaired) electrons. The van der Waals surface area contributed by atoms with Crippen LogP contribution in [-0.4, -0.2) is 24.7 Å². The molecule has 2 rings (SSSR count). The van der Waals surface area contributed by atoms with Crippen LogP contribution in [0.15, 0.2) is 35.5 Å². The van der Waals surface area contributed by atoms with Crippen LogP contribution in [0, 0.1) is 0 Å². The number of para-hydroxylation sites is 1. The first-order chi connectivity index (χ1) is 11.3. The van der Waals surface area contributed by atoms with Crippen molar-refractivity contribution < 1.29 is 27.8 Å². The average molecular weight is 340 g/mol. The lowest BCUT2D eigenvalue weighted by molar-refractivity contribution is -0.143. The maximum Gasteiger partial charge on any atom is 0.387 e. The summed E-state index contributed by atoms with van der Waals surface area (Å²) in [6.07, 6.45) is -0.372. The van der Waals surface area contributed by atoms with E-state index in [2.05, 4.69) is 15.4 Å². The third kappa shape index (κ3) is 4.01. The van der Waals surface area contributed by atoms with E-state index < -0.39 is 24.7 Å². The molecule has 2 N–H and O–H groups in total. The van der Waals surface area contributed by atoms with Gasteiger partial charge in [0, 0.05) is 11.3 Å². The van der Waals surface area contributed by atoms with Gasteiger partial charge in [0.15, 0.2) is 0 Å². The highest BCUT2D eigenvalue weighted by Crippen LogP contribution is 2.34. The van der Waals surface area contributed by atoms with Gasteiger partial charge in [0.25, 0.3) is 0 Å². The predicted octanol–water partition coefficient (Wildman–Crippen LogP) is 2.87. The Balaban J connectivity index is 2.48. The molecule has 0 spiro atoms. The molecule has 1 aromatic rings. The summed E-state index contributed by atoms with van der Waals surface area (Å²) in [7, 11) is 0. The lowest BCUT2D eigenvalue weighted by Crippen LogP contribution is -2.45. The first kappa shape index (κ1) is 17.7. The van der Waals surface area contributed by atoms with Gasteiger partial charge in [0.2, 0.25) is 0 Å². The first-order valence-electron chi connectivity index (χ1n) is 7.32. The zero-order chi connectivity index (χ0) is 17.9. The number of benzene rings is 1. The fourth-order valence-electron chi connectivity index (χ4n) is 2.40. The zero-order valence-corrected chi connectivity index (χ0v) is 13.4. The second kappa shape index (κ2) is 7.29. The lowest BCUT2D eigenvalue weighted by atomic mass is 9.95. The SMILES string of the molecule is CC1=C(C(=O)OC(C)C)[C@@H](c2ccccc2OC(F)F)NC(=O)N1. The highest BCUT2D eigenvalue weighted by atomic mass is 19.3. The number of ether oxygens (including phenoxy) is 2. The van der Waals surface area contributed by atoms with E-state index in [1.807, 2.05) is 0 Å². The number of carbonyl (C=O) groups excluding carboxylic acids is 2. The lowest BCUT2D eigenvalue weighted by Gasteiger charge is -2.29. The smallest absolute Gasteiger partial charge is 0.387 e. The predicted molar refractivity (Wildman–Crippen MR) is 81.4 cm³/mol. The average Bonchev–Trinajstić information content (AvgIpc) is 2.45. The summed E-state index contributed by atoms with van der Waals surface area (Å²) in [5.41, 5.74) is 0.664. The van der Waals surface area contributed by atoms with Crippen molar-refractivity contribution in [3.8, 4) is 5.75 Å². The van der Waals surface area contributed by atoms with Gasteiger partial charge in [0.1, 0.15) is 5.75 Å². The number of nitrogens with one attached hydrogen (secondary N) is 2. The number of rotatable bonds is 5. The van der Waals surface area contributed by atoms with Crippen molar-refractivity contribution in [1.29, 1.82) is 0 Å². The Labute approximate surface area is 137 Å². The molecular formula is C16H18F2N2O4. The quantitative estimate of drug-likeness (QED) is 0.808. The van der Waals surface area contributed by atoms with Gasteiger partial charge in [-0.15, -0.1) is 0 Å². The van der Waals surface area contributed by atoms with Gasteiger partial charge in [0.05, 0.1) is 17.7 Å². The fraction of sp³-hybridized carbons (Fsp3) is 0.375. The minimum atomic E-state index is -3.03. The standard InChI is InChI=1S/C16H18F2N2O4/c1-8(2)23-14(21)12-9(3)19-16(22)20-13(12)10-6-4-5-7-11(10)24-15(17)18/h4-8,13,15H,1-3H3,(H2,19,20,22)/t13-/m1/s1. The molecule has 1 aliphatic rings. The molecule has 0 saturated heterocycles. The minimum absolute atomic E-state index is 0.123. The van der Waals surface area contributed by atoms with E-state index in [4.69, 9.17) is 4.74 Å². The molecule has 1 aromatic carbocycles. The number of urea groups is 1. The van der Waals surface area contributed by atoms with Crippen LogP contribution in [0.1, 0.15) is 32.4 Å². The molecule has 24 heavy (non-hydrogen) atoms. The highest BCUT2D eigenvalue weighted by Gasteiger charge is 2.34. The molecule has 130 valence electrons. The molecule has 1 heterocycles. The van der Waals surface area contributed by atoms with Crippen LogP contribution in [0.3, 0.4) is 0 Å². The molecule has 0 aliphatic carbocycles. The van der Waals surface area contributed by atoms with Gasteiger partial charge >= 0.3 is 18.6 Å². The summed E-state index contributed by atoms with van der Waals surface area (Å²) in [5.74, 6) is -0.769. The van der Waals surface area contributed by atoms with Crippen molar-refractivity contribution in [2.75, 3.05) is 0 Å². The summed E-state index contributed by atoms with van der Waals surface area (Å²) in [6, 6.07) is 4.46. The number of amides is 2. The maximum absolute atomic E-state index is 12.6. The van der Waals surface area contributed by atoms with E-state index in [9.17, 15) is 18.4 Å². The van der Waals surface area contributed by atoms with Gasteiger partial charge in [-0.1, -0.05) is 18.2 Å². The summed E-state index contributed by atoms with van der Waals surface area (Å²) in [4.78, 5) is 24.2. The van der Waals surface area contributed by atoms with Crippen LogP contribution in [0.25, 0.3) is 0 Å². The monoisotopic (exact) mass is 340 g/mol. The van der Waals surface area contributed by atoms with E-state index in [1.54, 1.807) is 26.8 Å². The summed E-state index contributed by atoms with van der Waals surface area (Å²) in [5, 5.41) is 5.03. The Morgan fingerprint density at radius 2 is 1.92 bits per heavy atom. The number of hydrogen-bond donors (Lipinski definition) is 2. The third-order valence-corrected chi connectivity index (χ3v) is 3.28. The summed E-state index contributed by atoms with van der Waals surface area (Å²) >= 11 is 0. The van der Waals surface area contributed by atoms with Gasteiger partial charge in [-0.05, 0) is 26.8 Å². The van der Waals surface area contributed by atoms with Gasteiger partial charge in [-0.3, -0.25) is 0 Å². The molecule has 0 saturated carbocycles. The maximum atomic E-state index is 12.6. The van der Waals surface area contributed by atoms with Crippen LogP contribution >= 0.6 is 0 Å². The van der Waals surface area contributed by atoms with Crippen molar-refractivity contribution in [2.45, 2.75) is 39.5 Å². The second-order valence-electron chi connectivity index (χ2n) is 5.44. The fourth-order valence-corrected chi connectivity index (χ4v) is 2.40. The molecule has 1 atom stereocenters. The Kier molecular flexibility index (Phi) is 5.38. The van der Waals surface area contributed by atoms with Crippen LogP contribution < -0.4 is 15.4 Å². The normalized spacial score (nSPS) is 17.6. The van der Waals surface area contributed by atoms with Crippen LogP contribution in [0.5, 0.6) is 5.75 Å². The number of carbonyl (C=O) groups is 2. The Hall–Kier alpha value is -2.64. The molecule has 2 amide bonds. The second-order valence-corrected chi connectivity index (χ2v) is 5.44. The number of allylic oxidation sites excluding steroid dienone is 1. The van der Waals surface area contributed by atoms with Crippen LogP contribution in [0.4, 0.5) is 13.6 Å². The molecule has 6 nitrogen and oxygen atoms in total. The van der Waals surface area contributed by atoms with Crippen molar-refractivity contribution >= 4 is 12.0 Å². The first-order valence-corrected chi connectivity index (χ1v) is 7.32. The molecule has 0 aromatic heterocycles. The number of esters is 1. The molecule has 0 unspecified atom stereocenters. The topological polar surface area (TPSA) is 76.7 Å². The van der Waals surface area contributed by atoms with Crippen molar-refractivity contribution in [3.63, 3.8) is 0 Å². The van der Waals surface area contributed by atoms with Gasteiger partial charge in [-0.2, -0.15) is 8.78 Å². The molecule has 0 bridgehead atoms. The molecule has 1 aliphatic heterocycles. The zero-order valence-electron chi connectivity index (χ0n) is 13.4. The van der Waals surface area contributed by atoms with E-state index >= 15 is 0 Å². The van der Waals surface area contributed by atoms with E-state index in [1.165, 1.54) is 18.2 Å². The minimum Gasteiger partial charge on any atom is -0.459 e. The summed E-state index contributed by atoms with van der Waals surface area (Å²) in [6.45, 7) is 1.88. The van der Waals surface area contributed by atoms with Gasteiger partial charge in [-0.25, -0.2) is 9.59 Å². The number of hydrogen-bond acceptors (Lipinski definition) is 4. The van der Waals surface area contributed by atoms with Gasteiger partial charge < -0.3 is 20.1 Å². The Morgan fingerprint density at radius 3 is 2.54 bits per heavy atom. The summed E-state index contributed by atoms with van der Waals surface area (Å²) < 4.78 is 34.9. The number of halogens is 2.